The fourth-order valence-electron chi connectivity index (χ4n) is 3.32. The highest BCUT2D eigenvalue weighted by Gasteiger charge is 2.27. The van der Waals surface area contributed by atoms with Gasteiger partial charge in [0.2, 0.25) is 0 Å². The monoisotopic (exact) mass is 349 g/mol. The number of hydrogen-bond donors (Lipinski definition) is 1. The molecule has 3 aromatic rings. The third-order valence-corrected chi connectivity index (χ3v) is 4.78. The number of nitrogens with zero attached hydrogens (tertiary/aromatic N) is 2. The molecule has 1 fully saturated rings. The maximum absolute atomic E-state index is 5.73. The van der Waals surface area contributed by atoms with Crippen LogP contribution < -0.4 is 4.74 Å². The zero-order chi connectivity index (χ0) is 17.8. The zero-order valence-electron chi connectivity index (χ0n) is 14.9. The minimum Gasteiger partial charge on any atom is -0.497 e. The summed E-state index contributed by atoms with van der Waals surface area (Å²) >= 11 is 0. The molecule has 4 rings (SSSR count). The molecule has 1 saturated heterocycles. The second-order valence-corrected chi connectivity index (χ2v) is 6.46. The zero-order valence-corrected chi connectivity index (χ0v) is 14.9. The first-order valence-electron chi connectivity index (χ1n) is 8.88. The number of nitrogens with one attached hydrogen (secondary N) is 1. The smallest absolute Gasteiger partial charge is 0.126 e. The van der Waals surface area contributed by atoms with Crippen LogP contribution in [0.5, 0.6) is 5.75 Å². The van der Waals surface area contributed by atoms with Gasteiger partial charge >= 0.3 is 0 Å². The first kappa shape index (κ1) is 16.8. The first-order chi connectivity index (χ1) is 12.8. The van der Waals surface area contributed by atoms with Crippen molar-refractivity contribution >= 4 is 0 Å². The van der Waals surface area contributed by atoms with Crippen LogP contribution in [0.15, 0.2) is 60.8 Å². The number of H-pyrrole nitrogens is 1. The number of benzene rings is 2. The molecule has 26 heavy (non-hydrogen) atoms. The van der Waals surface area contributed by atoms with Gasteiger partial charge in [0, 0.05) is 13.1 Å². The summed E-state index contributed by atoms with van der Waals surface area (Å²) in [5.74, 6) is 1.80. The Bertz CT molecular complexity index is 830. The van der Waals surface area contributed by atoms with Crippen molar-refractivity contribution in [1.82, 2.24) is 14.9 Å². The van der Waals surface area contributed by atoms with E-state index in [0.717, 1.165) is 42.5 Å². The van der Waals surface area contributed by atoms with Crippen LogP contribution >= 0.6 is 0 Å². The number of hydrogen-bond acceptors (Lipinski definition) is 4. The molecular formula is C21H23N3O2. The Morgan fingerprint density at radius 2 is 1.96 bits per heavy atom. The van der Waals surface area contributed by atoms with Crippen LogP contribution in [0.25, 0.3) is 11.3 Å². The van der Waals surface area contributed by atoms with Gasteiger partial charge in [0.05, 0.1) is 38.3 Å². The van der Waals surface area contributed by atoms with E-state index >= 15 is 0 Å². The van der Waals surface area contributed by atoms with Gasteiger partial charge in [-0.25, -0.2) is 4.98 Å². The molecular weight excluding hydrogens is 326 g/mol. The van der Waals surface area contributed by atoms with Crippen molar-refractivity contribution in [3.63, 3.8) is 0 Å². The van der Waals surface area contributed by atoms with Crippen LogP contribution in [0.2, 0.25) is 0 Å². The van der Waals surface area contributed by atoms with Gasteiger partial charge in [0.25, 0.3) is 0 Å². The Kier molecular flexibility index (Phi) is 5.00. The summed E-state index contributed by atoms with van der Waals surface area (Å²) in [7, 11) is 1.67. The first-order valence-corrected chi connectivity index (χ1v) is 8.88. The van der Waals surface area contributed by atoms with Crippen LogP contribution in [-0.2, 0) is 11.3 Å². The molecule has 2 aromatic carbocycles. The van der Waals surface area contributed by atoms with E-state index in [1.54, 1.807) is 7.11 Å². The quantitative estimate of drug-likeness (QED) is 0.764. The highest BCUT2D eigenvalue weighted by atomic mass is 16.5. The molecule has 1 unspecified atom stereocenters. The third-order valence-electron chi connectivity index (χ3n) is 4.78. The fourth-order valence-corrected chi connectivity index (χ4v) is 3.32. The minimum absolute atomic E-state index is 0.135. The number of ether oxygens (including phenoxy) is 2. The van der Waals surface area contributed by atoms with Gasteiger partial charge < -0.3 is 14.5 Å². The minimum atomic E-state index is 0.135. The molecule has 5 heteroatoms. The molecule has 1 aromatic heterocycles. The van der Waals surface area contributed by atoms with Crippen molar-refractivity contribution in [3.8, 4) is 17.0 Å². The van der Waals surface area contributed by atoms with Crippen molar-refractivity contribution in [2.45, 2.75) is 12.6 Å². The molecule has 1 aliphatic rings. The van der Waals surface area contributed by atoms with E-state index < -0.39 is 0 Å². The van der Waals surface area contributed by atoms with Crippen molar-refractivity contribution < 1.29 is 9.47 Å². The lowest BCUT2D eigenvalue weighted by molar-refractivity contribution is -0.0156. The second-order valence-electron chi connectivity index (χ2n) is 6.46. The predicted octanol–water partition coefficient (Wildman–Crippen LogP) is 3.66. The number of aromatic nitrogens is 2. The molecule has 0 radical (unpaired) electrons. The molecule has 134 valence electrons. The summed E-state index contributed by atoms with van der Waals surface area (Å²) in [6, 6.07) is 18.7. The lowest BCUT2D eigenvalue weighted by atomic mass is 10.1. The summed E-state index contributed by atoms with van der Waals surface area (Å²) in [6.45, 7) is 3.21. The van der Waals surface area contributed by atoms with E-state index in [-0.39, 0.29) is 6.04 Å². The Morgan fingerprint density at radius 1 is 1.15 bits per heavy atom. The van der Waals surface area contributed by atoms with E-state index in [2.05, 4.69) is 39.1 Å². The van der Waals surface area contributed by atoms with Gasteiger partial charge in [-0.05, 0) is 35.4 Å². The topological polar surface area (TPSA) is 50.4 Å². The predicted molar refractivity (Wildman–Crippen MR) is 101 cm³/mol. The normalized spacial score (nSPS) is 18.0. The Balaban J connectivity index is 1.54. The SMILES string of the molecule is COc1ccc(-c2cnc(C3COCCN3Cc3ccccc3)[nH]2)cc1. The highest BCUT2D eigenvalue weighted by molar-refractivity contribution is 5.59. The van der Waals surface area contributed by atoms with Crippen LogP contribution in [0.1, 0.15) is 17.4 Å². The summed E-state index contributed by atoms with van der Waals surface area (Å²) in [5.41, 5.74) is 3.41. The Morgan fingerprint density at radius 3 is 2.73 bits per heavy atom. The third kappa shape index (κ3) is 3.64. The maximum Gasteiger partial charge on any atom is 0.126 e. The van der Waals surface area contributed by atoms with Gasteiger partial charge in [-0.2, -0.15) is 0 Å². The van der Waals surface area contributed by atoms with Crippen LogP contribution in [0.4, 0.5) is 0 Å². The van der Waals surface area contributed by atoms with Gasteiger partial charge in [-0.3, -0.25) is 4.90 Å². The van der Waals surface area contributed by atoms with Gasteiger partial charge in [-0.15, -0.1) is 0 Å². The number of morpholine rings is 1. The number of rotatable bonds is 5. The van der Waals surface area contributed by atoms with E-state index in [9.17, 15) is 0 Å². The molecule has 0 aliphatic carbocycles. The van der Waals surface area contributed by atoms with Crippen molar-refractivity contribution in [2.24, 2.45) is 0 Å². The fraction of sp³-hybridized carbons (Fsp3) is 0.286. The molecule has 0 spiro atoms. The molecule has 2 heterocycles. The largest absolute Gasteiger partial charge is 0.497 e. The van der Waals surface area contributed by atoms with Crippen molar-refractivity contribution in [2.75, 3.05) is 26.9 Å². The average Bonchev–Trinajstić information content (AvgIpc) is 3.19. The standard InChI is InChI=1S/C21H23N3O2/c1-25-18-9-7-17(8-10-18)19-13-22-21(23-19)20-15-26-12-11-24(20)14-16-5-3-2-4-6-16/h2-10,13,20H,11-12,14-15H2,1H3,(H,22,23). The van der Waals surface area contributed by atoms with E-state index in [0.29, 0.717) is 6.61 Å². The van der Waals surface area contributed by atoms with Gasteiger partial charge in [0.1, 0.15) is 11.6 Å². The van der Waals surface area contributed by atoms with Crippen molar-refractivity contribution in [1.29, 1.82) is 0 Å². The summed E-state index contributed by atoms with van der Waals surface area (Å²) in [6.07, 6.45) is 1.90. The van der Waals surface area contributed by atoms with E-state index in [1.807, 2.05) is 36.5 Å². The number of methoxy groups -OCH3 is 1. The summed E-state index contributed by atoms with van der Waals surface area (Å²) in [4.78, 5) is 10.5. The molecule has 0 amide bonds. The molecule has 1 atom stereocenters. The molecule has 5 nitrogen and oxygen atoms in total. The highest BCUT2D eigenvalue weighted by Crippen LogP contribution is 2.27. The average molecular weight is 349 g/mol. The van der Waals surface area contributed by atoms with E-state index in [4.69, 9.17) is 9.47 Å². The van der Waals surface area contributed by atoms with Crippen LogP contribution in [-0.4, -0.2) is 41.7 Å². The molecule has 0 saturated carbocycles. The molecule has 1 aliphatic heterocycles. The van der Waals surface area contributed by atoms with E-state index in [1.165, 1.54) is 5.56 Å². The summed E-state index contributed by atoms with van der Waals surface area (Å²) in [5, 5.41) is 0. The van der Waals surface area contributed by atoms with Crippen molar-refractivity contribution in [3.05, 3.63) is 72.2 Å². The lowest BCUT2D eigenvalue weighted by Gasteiger charge is -2.34. The van der Waals surface area contributed by atoms with Crippen LogP contribution in [0.3, 0.4) is 0 Å². The lowest BCUT2D eigenvalue weighted by Crippen LogP contribution is -2.39. The second kappa shape index (κ2) is 7.72. The van der Waals surface area contributed by atoms with Gasteiger partial charge in [0.15, 0.2) is 0 Å². The van der Waals surface area contributed by atoms with Crippen LogP contribution in [0, 0.1) is 0 Å². The Labute approximate surface area is 153 Å². The van der Waals surface area contributed by atoms with Gasteiger partial charge in [-0.1, -0.05) is 30.3 Å². The number of aromatic amines is 1. The Hall–Kier alpha value is -2.63. The number of imidazole rings is 1. The molecule has 1 N–H and O–H groups in total. The molecule has 0 bridgehead atoms. The maximum atomic E-state index is 5.73. The summed E-state index contributed by atoms with van der Waals surface area (Å²) < 4.78 is 11.0.